The molecule has 0 spiro atoms. The SMILES string of the molecule is O=C(OCc1ccccc1)N1CC=C(c2ccc3c(c2)[nH]c2ccncc23)CC1. The van der Waals surface area contributed by atoms with Crippen molar-refractivity contribution < 1.29 is 9.53 Å². The maximum Gasteiger partial charge on any atom is 0.410 e. The minimum absolute atomic E-state index is 0.261. The molecule has 0 unspecified atom stereocenters. The highest BCUT2D eigenvalue weighted by Gasteiger charge is 2.19. The fraction of sp³-hybridized carbons (Fsp3) is 0.167. The average Bonchev–Trinajstić information content (AvgIpc) is 3.16. The van der Waals surface area contributed by atoms with Gasteiger partial charge in [0.1, 0.15) is 6.61 Å². The van der Waals surface area contributed by atoms with E-state index in [9.17, 15) is 4.79 Å². The molecule has 5 nitrogen and oxygen atoms in total. The summed E-state index contributed by atoms with van der Waals surface area (Å²) in [5.41, 5.74) is 5.65. The predicted octanol–water partition coefficient (Wildman–Crippen LogP) is 5.14. The molecule has 1 N–H and O–H groups in total. The lowest BCUT2D eigenvalue weighted by Crippen LogP contribution is -2.35. The first-order valence-electron chi connectivity index (χ1n) is 9.78. The average molecular weight is 383 g/mol. The van der Waals surface area contributed by atoms with E-state index in [-0.39, 0.29) is 6.09 Å². The molecule has 0 radical (unpaired) electrons. The number of amides is 1. The number of fused-ring (bicyclic) bond motifs is 3. The van der Waals surface area contributed by atoms with Crippen LogP contribution in [0.5, 0.6) is 0 Å². The maximum absolute atomic E-state index is 12.4. The van der Waals surface area contributed by atoms with Crippen LogP contribution in [0.15, 0.2) is 73.1 Å². The first-order chi connectivity index (χ1) is 14.3. The Labute approximate surface area is 168 Å². The van der Waals surface area contributed by atoms with Crippen LogP contribution < -0.4 is 0 Å². The molecule has 0 saturated carbocycles. The first kappa shape index (κ1) is 17.5. The van der Waals surface area contributed by atoms with Gasteiger partial charge in [-0.3, -0.25) is 4.98 Å². The second kappa shape index (κ2) is 7.43. The zero-order valence-electron chi connectivity index (χ0n) is 16.0. The molecule has 0 atom stereocenters. The molecule has 5 rings (SSSR count). The third-order valence-electron chi connectivity index (χ3n) is 5.44. The monoisotopic (exact) mass is 383 g/mol. The van der Waals surface area contributed by atoms with Crippen LogP contribution in [-0.2, 0) is 11.3 Å². The van der Waals surface area contributed by atoms with Crippen molar-refractivity contribution in [2.45, 2.75) is 13.0 Å². The summed E-state index contributed by atoms with van der Waals surface area (Å²) < 4.78 is 5.45. The number of nitrogens with one attached hydrogen (secondary N) is 1. The summed E-state index contributed by atoms with van der Waals surface area (Å²) in [4.78, 5) is 21.8. The largest absolute Gasteiger partial charge is 0.445 e. The van der Waals surface area contributed by atoms with E-state index in [1.165, 1.54) is 16.5 Å². The van der Waals surface area contributed by atoms with Gasteiger partial charge in [-0.25, -0.2) is 4.79 Å². The van der Waals surface area contributed by atoms with Gasteiger partial charge in [0.15, 0.2) is 0 Å². The summed E-state index contributed by atoms with van der Waals surface area (Å²) in [6.07, 6.45) is 6.37. The fourth-order valence-corrected chi connectivity index (χ4v) is 3.85. The number of hydrogen-bond donors (Lipinski definition) is 1. The van der Waals surface area contributed by atoms with E-state index in [1.54, 1.807) is 11.1 Å². The number of benzene rings is 2. The smallest absolute Gasteiger partial charge is 0.410 e. The van der Waals surface area contributed by atoms with Gasteiger partial charge in [0.05, 0.1) is 0 Å². The Hall–Kier alpha value is -3.60. The van der Waals surface area contributed by atoms with Gasteiger partial charge in [0.2, 0.25) is 0 Å². The molecule has 4 aromatic rings. The number of rotatable bonds is 3. The van der Waals surface area contributed by atoms with Gasteiger partial charge in [-0.2, -0.15) is 0 Å². The van der Waals surface area contributed by atoms with Crippen molar-refractivity contribution in [3.63, 3.8) is 0 Å². The second-order valence-corrected chi connectivity index (χ2v) is 7.27. The van der Waals surface area contributed by atoms with E-state index in [0.29, 0.717) is 19.7 Å². The number of carbonyl (C=O) groups excluding carboxylic acids is 1. The number of aromatic nitrogens is 2. The molecule has 0 aliphatic carbocycles. The molecule has 29 heavy (non-hydrogen) atoms. The van der Waals surface area contributed by atoms with E-state index < -0.39 is 0 Å². The zero-order chi connectivity index (χ0) is 19.6. The van der Waals surface area contributed by atoms with Crippen molar-refractivity contribution in [2.24, 2.45) is 0 Å². The van der Waals surface area contributed by atoms with Crippen LogP contribution in [0, 0.1) is 0 Å². The minimum atomic E-state index is -0.261. The summed E-state index contributed by atoms with van der Waals surface area (Å²) in [7, 11) is 0. The van der Waals surface area contributed by atoms with Crippen LogP contribution in [0.4, 0.5) is 4.79 Å². The number of nitrogens with zero attached hydrogens (tertiary/aromatic N) is 2. The topological polar surface area (TPSA) is 58.2 Å². The van der Waals surface area contributed by atoms with Crippen molar-refractivity contribution >= 4 is 33.5 Å². The Bertz CT molecular complexity index is 1210. The van der Waals surface area contributed by atoms with Gasteiger partial charge in [0, 0.05) is 47.3 Å². The Morgan fingerprint density at radius 1 is 1.07 bits per heavy atom. The van der Waals surface area contributed by atoms with Gasteiger partial charge >= 0.3 is 6.09 Å². The van der Waals surface area contributed by atoms with Crippen LogP contribution in [0.2, 0.25) is 0 Å². The Morgan fingerprint density at radius 2 is 1.97 bits per heavy atom. The summed E-state index contributed by atoms with van der Waals surface area (Å²) in [6, 6.07) is 18.2. The van der Waals surface area contributed by atoms with Crippen molar-refractivity contribution in [1.29, 1.82) is 0 Å². The second-order valence-electron chi connectivity index (χ2n) is 7.27. The maximum atomic E-state index is 12.4. The lowest BCUT2D eigenvalue weighted by molar-refractivity contribution is 0.0998. The number of carbonyl (C=O) groups is 1. The third kappa shape index (κ3) is 3.47. The van der Waals surface area contributed by atoms with Crippen molar-refractivity contribution in [3.8, 4) is 0 Å². The number of aromatic amines is 1. The molecule has 0 saturated heterocycles. The number of H-pyrrole nitrogens is 1. The molecular weight excluding hydrogens is 362 g/mol. The lowest BCUT2D eigenvalue weighted by Gasteiger charge is -2.26. The molecule has 0 fully saturated rings. The molecule has 2 aromatic heterocycles. The highest BCUT2D eigenvalue weighted by atomic mass is 16.6. The Balaban J connectivity index is 1.29. The van der Waals surface area contributed by atoms with Gasteiger partial charge < -0.3 is 14.6 Å². The Morgan fingerprint density at radius 3 is 2.79 bits per heavy atom. The van der Waals surface area contributed by atoms with Crippen LogP contribution >= 0.6 is 0 Å². The third-order valence-corrected chi connectivity index (χ3v) is 5.44. The standard InChI is InChI=1S/C24H21N3O2/c28-24(29-16-17-4-2-1-3-5-17)27-12-9-18(10-13-27)19-6-7-20-21-15-25-11-8-22(21)26-23(20)14-19/h1-9,11,14-15,26H,10,12-13,16H2. The predicted molar refractivity (Wildman–Crippen MR) is 114 cm³/mol. The molecule has 1 aliphatic rings. The lowest BCUT2D eigenvalue weighted by atomic mass is 9.98. The van der Waals surface area contributed by atoms with Crippen molar-refractivity contribution in [1.82, 2.24) is 14.9 Å². The number of ether oxygens (including phenoxy) is 1. The molecule has 2 aromatic carbocycles. The van der Waals surface area contributed by atoms with Crippen molar-refractivity contribution in [2.75, 3.05) is 13.1 Å². The summed E-state index contributed by atoms with van der Waals surface area (Å²) >= 11 is 0. The van der Waals surface area contributed by atoms with E-state index in [1.807, 2.05) is 42.6 Å². The molecule has 0 bridgehead atoms. The zero-order valence-corrected chi connectivity index (χ0v) is 16.0. The fourth-order valence-electron chi connectivity index (χ4n) is 3.85. The van der Waals surface area contributed by atoms with Crippen LogP contribution in [-0.4, -0.2) is 34.1 Å². The summed E-state index contributed by atoms with van der Waals surface area (Å²) in [5, 5.41) is 2.32. The van der Waals surface area contributed by atoms with Crippen LogP contribution in [0.1, 0.15) is 17.5 Å². The van der Waals surface area contributed by atoms with E-state index in [0.717, 1.165) is 28.4 Å². The van der Waals surface area contributed by atoms with E-state index in [4.69, 9.17) is 4.74 Å². The molecule has 1 aliphatic heterocycles. The molecular formula is C24H21N3O2. The quantitative estimate of drug-likeness (QED) is 0.533. The highest BCUT2D eigenvalue weighted by molar-refractivity contribution is 6.07. The van der Waals surface area contributed by atoms with Gasteiger partial charge in [-0.15, -0.1) is 0 Å². The minimum Gasteiger partial charge on any atom is -0.445 e. The summed E-state index contributed by atoms with van der Waals surface area (Å²) in [5.74, 6) is 0. The number of hydrogen-bond acceptors (Lipinski definition) is 3. The Kier molecular flexibility index (Phi) is 4.48. The van der Waals surface area contributed by atoms with Crippen molar-refractivity contribution in [3.05, 3.63) is 84.2 Å². The van der Waals surface area contributed by atoms with E-state index >= 15 is 0 Å². The normalized spacial score (nSPS) is 14.2. The van der Waals surface area contributed by atoms with Gasteiger partial charge in [-0.1, -0.05) is 48.5 Å². The summed E-state index contributed by atoms with van der Waals surface area (Å²) in [6.45, 7) is 1.53. The van der Waals surface area contributed by atoms with Crippen LogP contribution in [0.3, 0.4) is 0 Å². The molecule has 1 amide bonds. The molecule has 3 heterocycles. The molecule has 144 valence electrons. The van der Waals surface area contributed by atoms with Gasteiger partial charge in [-0.05, 0) is 35.3 Å². The van der Waals surface area contributed by atoms with E-state index in [2.05, 4.69) is 34.2 Å². The van der Waals surface area contributed by atoms with Crippen LogP contribution in [0.25, 0.3) is 27.4 Å². The number of pyridine rings is 1. The van der Waals surface area contributed by atoms with Gasteiger partial charge in [0.25, 0.3) is 0 Å². The first-order valence-corrected chi connectivity index (χ1v) is 9.78. The highest BCUT2D eigenvalue weighted by Crippen LogP contribution is 2.29. The molecule has 5 heteroatoms.